The van der Waals surface area contributed by atoms with Crippen molar-refractivity contribution in [3.8, 4) is 0 Å². The molecule has 0 saturated carbocycles. The van der Waals surface area contributed by atoms with Gasteiger partial charge in [-0.2, -0.15) is 0 Å². The van der Waals surface area contributed by atoms with Crippen molar-refractivity contribution in [2.24, 2.45) is 5.73 Å². The number of nitrogens with two attached hydrogens (primary N) is 1. The summed E-state index contributed by atoms with van der Waals surface area (Å²) in [4.78, 5) is 8.41. The summed E-state index contributed by atoms with van der Waals surface area (Å²) < 4.78 is 0. The second-order valence-corrected chi connectivity index (χ2v) is 2.11. The van der Waals surface area contributed by atoms with Gasteiger partial charge >= 0.3 is 0 Å². The molecular weight excluding hydrogens is 146 g/mol. The Labute approximate surface area is 64.4 Å². The number of hydrogen-bond acceptors (Lipinski definition) is 4. The average Bonchev–Trinajstić information content (AvgIpc) is 2.05. The molecule has 10 heavy (non-hydrogen) atoms. The van der Waals surface area contributed by atoms with E-state index in [-0.39, 0.29) is 0 Å². The van der Waals surface area contributed by atoms with Crippen LogP contribution in [0.3, 0.4) is 0 Å². The van der Waals surface area contributed by atoms with E-state index >= 15 is 0 Å². The van der Waals surface area contributed by atoms with Crippen molar-refractivity contribution in [1.82, 2.24) is 9.97 Å². The van der Waals surface area contributed by atoms with Gasteiger partial charge in [-0.15, -0.1) is 12.6 Å². The standard InChI is InChI=1S/C6H7N3S/c7-4-5(10)6-8-2-1-3-9-6/h1-4,10H,7H2/b5-4-. The van der Waals surface area contributed by atoms with Crippen LogP contribution in [0.1, 0.15) is 5.82 Å². The predicted molar refractivity (Wildman–Crippen MR) is 43.2 cm³/mol. The van der Waals surface area contributed by atoms with Gasteiger partial charge in [0.05, 0.1) is 4.91 Å². The lowest BCUT2D eigenvalue weighted by atomic mass is 10.5. The van der Waals surface area contributed by atoms with E-state index in [1.165, 1.54) is 6.20 Å². The first-order valence-electron chi connectivity index (χ1n) is 2.73. The highest BCUT2D eigenvalue weighted by molar-refractivity contribution is 7.90. The van der Waals surface area contributed by atoms with Crippen molar-refractivity contribution >= 4 is 17.5 Å². The highest BCUT2D eigenvalue weighted by Crippen LogP contribution is 2.09. The lowest BCUT2D eigenvalue weighted by Gasteiger charge is -1.93. The Bertz CT molecular complexity index is 232. The number of aromatic nitrogens is 2. The van der Waals surface area contributed by atoms with Gasteiger partial charge in [0.25, 0.3) is 0 Å². The highest BCUT2D eigenvalue weighted by Gasteiger charge is 1.94. The van der Waals surface area contributed by atoms with Crippen LogP contribution in [0.2, 0.25) is 0 Å². The average molecular weight is 153 g/mol. The second kappa shape index (κ2) is 3.22. The van der Waals surface area contributed by atoms with Crippen LogP contribution in [-0.4, -0.2) is 9.97 Å². The molecule has 4 heteroatoms. The van der Waals surface area contributed by atoms with E-state index < -0.39 is 0 Å². The van der Waals surface area contributed by atoms with Gasteiger partial charge in [-0.3, -0.25) is 0 Å². The largest absolute Gasteiger partial charge is 0.404 e. The van der Waals surface area contributed by atoms with Crippen LogP contribution in [0.4, 0.5) is 0 Å². The van der Waals surface area contributed by atoms with Crippen molar-refractivity contribution in [2.45, 2.75) is 0 Å². The van der Waals surface area contributed by atoms with Gasteiger partial charge < -0.3 is 5.73 Å². The fourth-order valence-electron chi connectivity index (χ4n) is 0.506. The minimum Gasteiger partial charge on any atom is -0.404 e. The van der Waals surface area contributed by atoms with E-state index in [1.807, 2.05) is 0 Å². The molecule has 1 aromatic heterocycles. The maximum Gasteiger partial charge on any atom is 0.166 e. The molecule has 0 unspecified atom stereocenters. The lowest BCUT2D eigenvalue weighted by molar-refractivity contribution is 1.13. The first-order chi connectivity index (χ1) is 4.84. The fraction of sp³-hybridized carbons (Fsp3) is 0. The van der Waals surface area contributed by atoms with Crippen LogP contribution in [0.25, 0.3) is 4.91 Å². The minimum atomic E-state index is 0.549. The molecule has 0 aliphatic carbocycles. The summed E-state index contributed by atoms with van der Waals surface area (Å²) in [5.74, 6) is 0.549. The van der Waals surface area contributed by atoms with Crippen LogP contribution in [0.5, 0.6) is 0 Å². The van der Waals surface area contributed by atoms with Gasteiger partial charge in [-0.05, 0) is 6.07 Å². The van der Waals surface area contributed by atoms with E-state index in [0.717, 1.165) is 0 Å². The van der Waals surface area contributed by atoms with Crippen molar-refractivity contribution in [1.29, 1.82) is 0 Å². The van der Waals surface area contributed by atoms with Crippen molar-refractivity contribution in [3.05, 3.63) is 30.5 Å². The monoisotopic (exact) mass is 153 g/mol. The Morgan fingerprint density at radius 1 is 1.50 bits per heavy atom. The molecule has 0 aliphatic heterocycles. The normalized spacial score (nSPS) is 11.5. The third-order valence-corrected chi connectivity index (χ3v) is 1.30. The Morgan fingerprint density at radius 3 is 2.60 bits per heavy atom. The third-order valence-electron chi connectivity index (χ3n) is 0.953. The minimum absolute atomic E-state index is 0.549. The van der Waals surface area contributed by atoms with Gasteiger partial charge in [0.1, 0.15) is 0 Å². The summed E-state index contributed by atoms with van der Waals surface area (Å²) in [7, 11) is 0. The second-order valence-electron chi connectivity index (χ2n) is 1.62. The Kier molecular flexibility index (Phi) is 2.28. The van der Waals surface area contributed by atoms with Crippen LogP contribution < -0.4 is 5.73 Å². The van der Waals surface area contributed by atoms with Crippen LogP contribution in [0, 0.1) is 0 Å². The third kappa shape index (κ3) is 1.48. The van der Waals surface area contributed by atoms with Crippen molar-refractivity contribution in [3.63, 3.8) is 0 Å². The summed E-state index contributed by atoms with van der Waals surface area (Å²) in [6, 6.07) is 1.74. The SMILES string of the molecule is N/C=C(\S)c1ncccn1. The molecule has 0 aliphatic rings. The van der Waals surface area contributed by atoms with Gasteiger partial charge in [0, 0.05) is 18.6 Å². The molecule has 1 rings (SSSR count). The molecule has 3 nitrogen and oxygen atoms in total. The molecule has 0 atom stereocenters. The summed E-state index contributed by atoms with van der Waals surface area (Å²) in [5, 5.41) is 0. The predicted octanol–water partition coefficient (Wildman–Crippen LogP) is 0.663. The molecule has 0 radical (unpaired) electrons. The zero-order valence-corrected chi connectivity index (χ0v) is 6.12. The van der Waals surface area contributed by atoms with E-state index in [0.29, 0.717) is 10.7 Å². The Balaban J connectivity index is 2.96. The van der Waals surface area contributed by atoms with Gasteiger partial charge in [-0.1, -0.05) is 0 Å². The summed E-state index contributed by atoms with van der Waals surface area (Å²) in [6.45, 7) is 0. The Hall–Kier alpha value is -1.03. The molecule has 0 bridgehead atoms. The topological polar surface area (TPSA) is 51.8 Å². The summed E-state index contributed by atoms with van der Waals surface area (Å²) in [6.07, 6.45) is 4.64. The summed E-state index contributed by atoms with van der Waals surface area (Å²) in [5.41, 5.74) is 5.19. The van der Waals surface area contributed by atoms with Crippen LogP contribution >= 0.6 is 12.6 Å². The van der Waals surface area contributed by atoms with Crippen LogP contribution in [-0.2, 0) is 0 Å². The quantitative estimate of drug-likeness (QED) is 0.583. The molecule has 0 saturated heterocycles. The maximum absolute atomic E-state index is 5.19. The van der Waals surface area contributed by atoms with E-state index in [1.54, 1.807) is 18.5 Å². The fourth-order valence-corrected chi connectivity index (χ4v) is 0.621. The molecule has 52 valence electrons. The smallest absolute Gasteiger partial charge is 0.166 e. The van der Waals surface area contributed by atoms with E-state index in [9.17, 15) is 0 Å². The summed E-state index contributed by atoms with van der Waals surface area (Å²) >= 11 is 4.03. The number of nitrogens with zero attached hydrogens (tertiary/aromatic N) is 2. The van der Waals surface area contributed by atoms with Crippen LogP contribution in [0.15, 0.2) is 24.7 Å². The highest BCUT2D eigenvalue weighted by atomic mass is 32.1. The molecule has 0 fully saturated rings. The zero-order chi connectivity index (χ0) is 7.40. The molecule has 0 aromatic carbocycles. The molecule has 1 heterocycles. The molecule has 2 N–H and O–H groups in total. The number of thiol groups is 1. The van der Waals surface area contributed by atoms with Crippen molar-refractivity contribution < 1.29 is 0 Å². The zero-order valence-electron chi connectivity index (χ0n) is 5.23. The first kappa shape index (κ1) is 7.08. The first-order valence-corrected chi connectivity index (χ1v) is 3.17. The van der Waals surface area contributed by atoms with E-state index in [4.69, 9.17) is 5.73 Å². The van der Waals surface area contributed by atoms with Gasteiger partial charge in [-0.25, -0.2) is 9.97 Å². The molecule has 1 aromatic rings. The lowest BCUT2D eigenvalue weighted by Crippen LogP contribution is -1.90. The molecular formula is C6H7N3S. The van der Waals surface area contributed by atoms with Crippen molar-refractivity contribution in [2.75, 3.05) is 0 Å². The van der Waals surface area contributed by atoms with Gasteiger partial charge in [0.2, 0.25) is 0 Å². The van der Waals surface area contributed by atoms with E-state index in [2.05, 4.69) is 22.6 Å². The molecule has 0 spiro atoms. The number of hydrogen-bond donors (Lipinski definition) is 2. The maximum atomic E-state index is 5.19. The molecule has 0 amide bonds. The Morgan fingerprint density at radius 2 is 2.10 bits per heavy atom. The number of rotatable bonds is 1. The van der Waals surface area contributed by atoms with Gasteiger partial charge in [0.15, 0.2) is 5.82 Å².